The Morgan fingerprint density at radius 2 is 2.04 bits per heavy atom. The lowest BCUT2D eigenvalue weighted by molar-refractivity contribution is -0.0434. The van der Waals surface area contributed by atoms with Gasteiger partial charge in [-0.2, -0.15) is 0 Å². The molecule has 1 aliphatic heterocycles. The van der Waals surface area contributed by atoms with Crippen LogP contribution in [-0.2, 0) is 4.74 Å². The van der Waals surface area contributed by atoms with Gasteiger partial charge in [-0.15, -0.1) is 0 Å². The van der Waals surface area contributed by atoms with Crippen LogP contribution >= 0.6 is 0 Å². The largest absolute Gasteiger partial charge is 0.496 e. The van der Waals surface area contributed by atoms with Crippen molar-refractivity contribution in [3.8, 4) is 5.75 Å². The zero-order valence-corrected chi connectivity index (χ0v) is 14.8. The van der Waals surface area contributed by atoms with Crippen LogP contribution in [0.1, 0.15) is 63.1 Å². The Hall–Kier alpha value is -1.59. The van der Waals surface area contributed by atoms with E-state index in [1.165, 1.54) is 7.11 Å². The second-order valence-electron chi connectivity index (χ2n) is 7.04. The first-order valence-electron chi connectivity index (χ1n) is 7.99. The van der Waals surface area contributed by atoms with Gasteiger partial charge in [0.15, 0.2) is 0 Å². The number of hydrogen-bond acceptors (Lipinski definition) is 4. The van der Waals surface area contributed by atoms with Crippen molar-refractivity contribution in [2.75, 3.05) is 13.7 Å². The zero-order chi connectivity index (χ0) is 17.4. The van der Waals surface area contributed by atoms with E-state index in [-0.39, 0.29) is 5.91 Å². The first-order valence-corrected chi connectivity index (χ1v) is 7.99. The molecule has 23 heavy (non-hydrogen) atoms. The number of hydrogen-bond donors (Lipinski definition) is 1. The van der Waals surface area contributed by atoms with Crippen molar-refractivity contribution >= 4 is 5.91 Å². The SMILES string of the molecule is CCC(O)c1cccc(OC)c1C(=O)N1C(C)(C)COC1(C)C. The summed E-state index contributed by atoms with van der Waals surface area (Å²) < 4.78 is 11.2. The molecule has 1 aromatic carbocycles. The number of carbonyl (C=O) groups is 1. The zero-order valence-electron chi connectivity index (χ0n) is 14.8. The lowest BCUT2D eigenvalue weighted by atomic mass is 9.95. The predicted molar refractivity (Wildman–Crippen MR) is 88.5 cm³/mol. The van der Waals surface area contributed by atoms with E-state index in [9.17, 15) is 9.90 Å². The predicted octanol–water partition coefficient (Wildman–Crippen LogP) is 3.13. The van der Waals surface area contributed by atoms with E-state index >= 15 is 0 Å². The molecule has 1 aliphatic rings. The molecule has 1 aromatic rings. The van der Waals surface area contributed by atoms with Gasteiger partial charge in [0.25, 0.3) is 5.91 Å². The Kier molecular flexibility index (Phi) is 4.74. The number of benzene rings is 1. The minimum absolute atomic E-state index is 0.183. The molecule has 0 saturated carbocycles. The van der Waals surface area contributed by atoms with Gasteiger partial charge in [-0.05, 0) is 45.7 Å². The summed E-state index contributed by atoms with van der Waals surface area (Å²) in [5.74, 6) is 0.288. The molecule has 2 rings (SSSR count). The maximum atomic E-state index is 13.4. The van der Waals surface area contributed by atoms with Crippen molar-refractivity contribution in [1.29, 1.82) is 0 Å². The van der Waals surface area contributed by atoms with Crippen LogP contribution in [0, 0.1) is 0 Å². The Labute approximate surface area is 138 Å². The van der Waals surface area contributed by atoms with E-state index in [1.807, 2.05) is 34.6 Å². The molecule has 0 bridgehead atoms. The quantitative estimate of drug-likeness (QED) is 0.925. The highest BCUT2D eigenvalue weighted by atomic mass is 16.5. The summed E-state index contributed by atoms with van der Waals surface area (Å²) in [6.45, 7) is 10.1. The van der Waals surface area contributed by atoms with Crippen LogP contribution in [0.4, 0.5) is 0 Å². The van der Waals surface area contributed by atoms with Gasteiger partial charge in [-0.1, -0.05) is 19.1 Å². The lowest BCUT2D eigenvalue weighted by Gasteiger charge is -2.38. The second kappa shape index (κ2) is 6.13. The molecule has 0 aliphatic carbocycles. The number of aliphatic hydroxyl groups excluding tert-OH is 1. The van der Waals surface area contributed by atoms with E-state index < -0.39 is 17.4 Å². The fourth-order valence-electron chi connectivity index (χ4n) is 3.29. The lowest BCUT2D eigenvalue weighted by Crippen LogP contribution is -2.53. The standard InChI is InChI=1S/C18H27NO4/c1-7-13(20)12-9-8-10-14(22-6)15(12)16(21)19-17(2,3)11-23-18(19,4)5/h8-10,13,20H,7,11H2,1-6H3. The topological polar surface area (TPSA) is 59.0 Å². The maximum Gasteiger partial charge on any atom is 0.260 e. The van der Waals surface area contributed by atoms with Gasteiger partial charge in [-0.25, -0.2) is 0 Å². The van der Waals surface area contributed by atoms with Crippen LogP contribution in [-0.4, -0.2) is 40.9 Å². The molecule has 1 unspecified atom stereocenters. The van der Waals surface area contributed by atoms with Gasteiger partial charge >= 0.3 is 0 Å². The Morgan fingerprint density at radius 3 is 2.52 bits per heavy atom. The summed E-state index contributed by atoms with van der Waals surface area (Å²) in [6.07, 6.45) is -0.185. The van der Waals surface area contributed by atoms with Crippen molar-refractivity contribution in [1.82, 2.24) is 4.90 Å². The van der Waals surface area contributed by atoms with Gasteiger partial charge in [-0.3, -0.25) is 4.79 Å². The van der Waals surface area contributed by atoms with E-state index in [0.717, 1.165) is 0 Å². The summed E-state index contributed by atoms with van der Waals surface area (Å²) in [4.78, 5) is 15.1. The van der Waals surface area contributed by atoms with E-state index in [1.54, 1.807) is 23.1 Å². The Bertz CT molecular complexity index is 579. The highest BCUT2D eigenvalue weighted by Gasteiger charge is 2.49. The molecule has 1 fully saturated rings. The summed E-state index contributed by atoms with van der Waals surface area (Å²) in [7, 11) is 1.53. The van der Waals surface area contributed by atoms with E-state index in [4.69, 9.17) is 9.47 Å². The average Bonchev–Trinajstić information content (AvgIpc) is 2.73. The number of ether oxygens (including phenoxy) is 2. The minimum Gasteiger partial charge on any atom is -0.496 e. The Balaban J connectivity index is 2.58. The van der Waals surface area contributed by atoms with E-state index in [2.05, 4.69) is 0 Å². The van der Waals surface area contributed by atoms with Gasteiger partial charge in [0.2, 0.25) is 0 Å². The van der Waals surface area contributed by atoms with Gasteiger partial charge < -0.3 is 19.5 Å². The van der Waals surface area contributed by atoms with Crippen molar-refractivity contribution in [2.24, 2.45) is 0 Å². The normalized spacial score (nSPS) is 20.4. The molecular weight excluding hydrogens is 294 g/mol. The number of carbonyl (C=O) groups excluding carboxylic acids is 1. The van der Waals surface area contributed by atoms with Crippen molar-refractivity contribution < 1.29 is 19.4 Å². The molecule has 1 N–H and O–H groups in total. The van der Waals surface area contributed by atoms with Gasteiger partial charge in [0.1, 0.15) is 11.5 Å². The number of rotatable bonds is 4. The number of methoxy groups -OCH3 is 1. The van der Waals surface area contributed by atoms with Crippen LogP contribution in [0.2, 0.25) is 0 Å². The Morgan fingerprint density at radius 1 is 1.39 bits per heavy atom. The summed E-state index contributed by atoms with van der Waals surface area (Å²) in [5, 5.41) is 10.3. The molecule has 1 saturated heterocycles. The molecule has 0 radical (unpaired) electrons. The maximum absolute atomic E-state index is 13.4. The number of nitrogens with zero attached hydrogens (tertiary/aromatic N) is 1. The number of amides is 1. The molecule has 0 aromatic heterocycles. The summed E-state index contributed by atoms with van der Waals surface area (Å²) in [6, 6.07) is 5.32. The van der Waals surface area contributed by atoms with E-state index in [0.29, 0.717) is 29.9 Å². The molecule has 1 atom stereocenters. The van der Waals surface area contributed by atoms with Crippen molar-refractivity contribution in [3.63, 3.8) is 0 Å². The highest BCUT2D eigenvalue weighted by Crippen LogP contribution is 2.39. The number of aliphatic hydroxyl groups is 1. The van der Waals surface area contributed by atoms with Gasteiger partial charge in [0, 0.05) is 0 Å². The summed E-state index contributed by atoms with van der Waals surface area (Å²) in [5.41, 5.74) is -0.141. The van der Waals surface area contributed by atoms with Crippen molar-refractivity contribution in [3.05, 3.63) is 29.3 Å². The fourth-order valence-corrected chi connectivity index (χ4v) is 3.29. The average molecular weight is 321 g/mol. The smallest absolute Gasteiger partial charge is 0.260 e. The third kappa shape index (κ3) is 3.08. The third-order valence-electron chi connectivity index (χ3n) is 4.36. The monoisotopic (exact) mass is 321 g/mol. The molecule has 1 heterocycles. The fraction of sp³-hybridized carbons (Fsp3) is 0.611. The molecule has 5 nitrogen and oxygen atoms in total. The van der Waals surface area contributed by atoms with Gasteiger partial charge in [0.05, 0.1) is 30.9 Å². The molecule has 1 amide bonds. The first kappa shape index (κ1) is 17.8. The minimum atomic E-state index is -0.712. The highest BCUT2D eigenvalue weighted by molar-refractivity contribution is 5.99. The second-order valence-corrected chi connectivity index (χ2v) is 7.04. The van der Waals surface area contributed by atoms with Crippen LogP contribution in [0.15, 0.2) is 18.2 Å². The van der Waals surface area contributed by atoms with Crippen LogP contribution in [0.5, 0.6) is 5.75 Å². The van der Waals surface area contributed by atoms with Crippen LogP contribution in [0.3, 0.4) is 0 Å². The van der Waals surface area contributed by atoms with Crippen LogP contribution in [0.25, 0.3) is 0 Å². The third-order valence-corrected chi connectivity index (χ3v) is 4.36. The molecular formula is C18H27NO4. The molecule has 0 spiro atoms. The van der Waals surface area contributed by atoms with Crippen LogP contribution < -0.4 is 4.74 Å². The molecule has 128 valence electrons. The van der Waals surface area contributed by atoms with Crippen molar-refractivity contribution in [2.45, 2.75) is 58.4 Å². The first-order chi connectivity index (χ1) is 10.7. The molecule has 5 heteroatoms. The summed E-state index contributed by atoms with van der Waals surface area (Å²) >= 11 is 0.